The molecule has 0 aromatic carbocycles. The van der Waals surface area contributed by atoms with Gasteiger partial charge in [0.15, 0.2) is 0 Å². The quantitative estimate of drug-likeness (QED) is 0.796. The van der Waals surface area contributed by atoms with E-state index in [0.29, 0.717) is 12.8 Å². The van der Waals surface area contributed by atoms with E-state index in [9.17, 15) is 9.59 Å². The number of rotatable bonds is 3. The van der Waals surface area contributed by atoms with Gasteiger partial charge >= 0.3 is 0 Å². The molecule has 19 heavy (non-hydrogen) atoms. The topological polar surface area (TPSA) is 49.4 Å². The minimum absolute atomic E-state index is 0.0400. The van der Waals surface area contributed by atoms with Gasteiger partial charge in [-0.2, -0.15) is 0 Å². The summed E-state index contributed by atoms with van der Waals surface area (Å²) in [4.78, 5) is 26.7. The van der Waals surface area contributed by atoms with Gasteiger partial charge in [-0.3, -0.25) is 9.59 Å². The number of carbonyl (C=O) groups is 2. The fraction of sp³-hybridized carbons (Fsp3) is 0.867. The maximum absolute atomic E-state index is 12.6. The number of piperazine rings is 1. The monoisotopic (exact) mass is 266 g/mol. The van der Waals surface area contributed by atoms with Crippen LogP contribution in [0.2, 0.25) is 0 Å². The largest absolute Gasteiger partial charge is 0.343 e. The maximum atomic E-state index is 12.6. The molecule has 2 atom stereocenters. The van der Waals surface area contributed by atoms with Gasteiger partial charge in [-0.05, 0) is 25.7 Å². The van der Waals surface area contributed by atoms with Crippen molar-refractivity contribution in [2.45, 2.75) is 83.3 Å². The Morgan fingerprint density at radius 2 is 1.68 bits per heavy atom. The van der Waals surface area contributed by atoms with Crippen LogP contribution in [0.25, 0.3) is 0 Å². The van der Waals surface area contributed by atoms with Crippen LogP contribution in [-0.4, -0.2) is 34.8 Å². The average Bonchev–Trinajstić information content (AvgIpc) is 2.69. The Bertz CT molecular complexity index is 335. The molecule has 0 bridgehead atoms. The number of nitrogens with zero attached hydrogens (tertiary/aromatic N) is 1. The molecule has 2 rings (SSSR count). The van der Waals surface area contributed by atoms with E-state index in [0.717, 1.165) is 12.8 Å². The molecular formula is C15H26N2O2. The highest BCUT2D eigenvalue weighted by Crippen LogP contribution is 2.27. The summed E-state index contributed by atoms with van der Waals surface area (Å²) in [6.45, 7) is 3.95. The van der Waals surface area contributed by atoms with E-state index in [1.165, 1.54) is 25.7 Å². The molecule has 108 valence electrons. The van der Waals surface area contributed by atoms with Gasteiger partial charge in [0.05, 0.1) is 0 Å². The SMILES string of the molecule is CCC1NC(=O)C(CC)N(C2CCCCCC2)C1=O. The van der Waals surface area contributed by atoms with Crippen molar-refractivity contribution in [1.29, 1.82) is 0 Å². The van der Waals surface area contributed by atoms with E-state index in [1.807, 2.05) is 18.7 Å². The number of hydrogen-bond acceptors (Lipinski definition) is 2. The summed E-state index contributed by atoms with van der Waals surface area (Å²) in [6.07, 6.45) is 8.41. The lowest BCUT2D eigenvalue weighted by Crippen LogP contribution is -2.65. The molecule has 0 aromatic rings. The summed E-state index contributed by atoms with van der Waals surface area (Å²) in [7, 11) is 0. The van der Waals surface area contributed by atoms with Gasteiger partial charge in [0.2, 0.25) is 11.8 Å². The second kappa shape index (κ2) is 6.40. The van der Waals surface area contributed by atoms with Crippen LogP contribution < -0.4 is 5.32 Å². The molecule has 0 spiro atoms. The molecule has 1 heterocycles. The summed E-state index contributed by atoms with van der Waals surface area (Å²) >= 11 is 0. The lowest BCUT2D eigenvalue weighted by atomic mass is 9.97. The first-order valence-corrected chi connectivity index (χ1v) is 7.81. The maximum Gasteiger partial charge on any atom is 0.246 e. The predicted molar refractivity (Wildman–Crippen MR) is 74.6 cm³/mol. The first-order chi connectivity index (χ1) is 9.19. The highest BCUT2D eigenvalue weighted by atomic mass is 16.2. The van der Waals surface area contributed by atoms with Crippen molar-refractivity contribution in [2.24, 2.45) is 0 Å². The van der Waals surface area contributed by atoms with Crippen molar-refractivity contribution in [2.75, 3.05) is 0 Å². The number of carbonyl (C=O) groups excluding carboxylic acids is 2. The first kappa shape index (κ1) is 14.4. The van der Waals surface area contributed by atoms with Crippen LogP contribution >= 0.6 is 0 Å². The Hall–Kier alpha value is -1.06. The molecule has 1 N–H and O–H groups in total. The van der Waals surface area contributed by atoms with Gasteiger partial charge in [0.25, 0.3) is 0 Å². The van der Waals surface area contributed by atoms with Crippen LogP contribution in [-0.2, 0) is 9.59 Å². The van der Waals surface area contributed by atoms with Gasteiger partial charge in [-0.25, -0.2) is 0 Å². The summed E-state index contributed by atoms with van der Waals surface area (Å²) in [5.41, 5.74) is 0. The molecule has 2 fully saturated rings. The van der Waals surface area contributed by atoms with Crippen LogP contribution in [0.1, 0.15) is 65.2 Å². The molecule has 4 nitrogen and oxygen atoms in total. The van der Waals surface area contributed by atoms with E-state index in [-0.39, 0.29) is 29.9 Å². The third-order valence-corrected chi connectivity index (χ3v) is 4.52. The summed E-state index contributed by atoms with van der Waals surface area (Å²) < 4.78 is 0. The number of hydrogen-bond donors (Lipinski definition) is 1. The minimum atomic E-state index is -0.307. The zero-order valence-corrected chi connectivity index (χ0v) is 12.2. The van der Waals surface area contributed by atoms with Crippen LogP contribution in [0.4, 0.5) is 0 Å². The zero-order chi connectivity index (χ0) is 13.8. The van der Waals surface area contributed by atoms with Crippen molar-refractivity contribution in [3.63, 3.8) is 0 Å². The van der Waals surface area contributed by atoms with Gasteiger partial charge in [0.1, 0.15) is 12.1 Å². The summed E-state index contributed by atoms with van der Waals surface area (Å²) in [5, 5.41) is 2.87. The average molecular weight is 266 g/mol. The molecule has 1 saturated carbocycles. The molecule has 1 aliphatic heterocycles. The van der Waals surface area contributed by atoms with Crippen LogP contribution in [0.5, 0.6) is 0 Å². The number of nitrogens with one attached hydrogen (secondary N) is 1. The molecule has 2 aliphatic rings. The van der Waals surface area contributed by atoms with E-state index >= 15 is 0 Å². The van der Waals surface area contributed by atoms with Crippen LogP contribution in [0.3, 0.4) is 0 Å². The van der Waals surface area contributed by atoms with Gasteiger partial charge < -0.3 is 10.2 Å². The Morgan fingerprint density at radius 3 is 2.21 bits per heavy atom. The molecule has 1 saturated heterocycles. The highest BCUT2D eigenvalue weighted by molar-refractivity contribution is 5.97. The van der Waals surface area contributed by atoms with Crippen LogP contribution in [0.15, 0.2) is 0 Å². The first-order valence-electron chi connectivity index (χ1n) is 7.81. The third-order valence-electron chi connectivity index (χ3n) is 4.52. The smallest absolute Gasteiger partial charge is 0.246 e. The molecule has 2 amide bonds. The fourth-order valence-corrected chi connectivity index (χ4v) is 3.42. The Kier molecular flexibility index (Phi) is 4.83. The Labute approximate surface area is 115 Å². The van der Waals surface area contributed by atoms with Gasteiger partial charge in [0, 0.05) is 6.04 Å². The minimum Gasteiger partial charge on any atom is -0.343 e. The van der Waals surface area contributed by atoms with E-state index in [4.69, 9.17) is 0 Å². The van der Waals surface area contributed by atoms with Crippen molar-refractivity contribution in [3.8, 4) is 0 Å². The molecule has 1 aliphatic carbocycles. The zero-order valence-electron chi connectivity index (χ0n) is 12.2. The van der Waals surface area contributed by atoms with Gasteiger partial charge in [-0.1, -0.05) is 39.5 Å². The third kappa shape index (κ3) is 2.93. The van der Waals surface area contributed by atoms with E-state index < -0.39 is 0 Å². The molecule has 0 aromatic heterocycles. The lowest BCUT2D eigenvalue weighted by Gasteiger charge is -2.43. The Balaban J connectivity index is 2.20. The molecular weight excluding hydrogens is 240 g/mol. The predicted octanol–water partition coefficient (Wildman–Crippen LogP) is 2.22. The van der Waals surface area contributed by atoms with Crippen molar-refractivity contribution in [3.05, 3.63) is 0 Å². The standard InChI is InChI=1S/C15H26N2O2/c1-3-12-15(19)17(13(4-2)14(18)16-12)11-9-7-5-6-8-10-11/h11-13H,3-10H2,1-2H3,(H,16,18). The second-order valence-corrected chi connectivity index (χ2v) is 5.78. The van der Waals surface area contributed by atoms with Crippen molar-refractivity contribution >= 4 is 11.8 Å². The highest BCUT2D eigenvalue weighted by Gasteiger charge is 2.41. The molecule has 0 radical (unpaired) electrons. The lowest BCUT2D eigenvalue weighted by molar-refractivity contribution is -0.152. The summed E-state index contributed by atoms with van der Waals surface area (Å²) in [6, 6.07) is -0.281. The summed E-state index contributed by atoms with van der Waals surface area (Å²) in [5.74, 6) is 0.180. The van der Waals surface area contributed by atoms with Crippen molar-refractivity contribution < 1.29 is 9.59 Å². The second-order valence-electron chi connectivity index (χ2n) is 5.78. The Morgan fingerprint density at radius 1 is 1.05 bits per heavy atom. The molecule has 2 unspecified atom stereocenters. The fourth-order valence-electron chi connectivity index (χ4n) is 3.42. The normalized spacial score (nSPS) is 30.1. The van der Waals surface area contributed by atoms with E-state index in [1.54, 1.807) is 0 Å². The number of amides is 2. The van der Waals surface area contributed by atoms with Crippen LogP contribution in [0, 0.1) is 0 Å². The van der Waals surface area contributed by atoms with Gasteiger partial charge in [-0.15, -0.1) is 0 Å². The van der Waals surface area contributed by atoms with E-state index in [2.05, 4.69) is 5.32 Å². The molecule has 4 heteroatoms. The van der Waals surface area contributed by atoms with Crippen molar-refractivity contribution in [1.82, 2.24) is 10.2 Å².